The number of benzene rings is 2. The molecule has 0 aliphatic heterocycles. The Kier molecular flexibility index (Phi) is 4.48. The smallest absolute Gasteiger partial charge is 0.225 e. The second-order valence-electron chi connectivity index (χ2n) is 5.57. The van der Waals surface area contributed by atoms with Crippen molar-refractivity contribution in [2.75, 3.05) is 5.73 Å². The molecule has 0 spiro atoms. The van der Waals surface area contributed by atoms with Gasteiger partial charge in [0.1, 0.15) is 5.84 Å². The second-order valence-corrected chi connectivity index (χ2v) is 6.74. The molecule has 0 atom stereocenters. The predicted molar refractivity (Wildman–Crippen MR) is 99.2 cm³/mol. The predicted octanol–water partition coefficient (Wildman–Crippen LogP) is 2.63. The highest BCUT2D eigenvalue weighted by atomic mass is 32.1. The van der Waals surface area contributed by atoms with Crippen molar-refractivity contribution < 1.29 is 4.79 Å². The van der Waals surface area contributed by atoms with Crippen LogP contribution in [0.4, 0.5) is 5.69 Å². The molecule has 3 aromatic rings. The van der Waals surface area contributed by atoms with Crippen LogP contribution in [0.25, 0.3) is 10.1 Å². The third-order valence-electron chi connectivity index (χ3n) is 3.68. The molecule has 0 aliphatic rings. The van der Waals surface area contributed by atoms with Crippen LogP contribution in [0.5, 0.6) is 0 Å². The molecule has 122 valence electrons. The van der Waals surface area contributed by atoms with Crippen LogP contribution in [0.1, 0.15) is 16.0 Å². The Hall–Kier alpha value is -2.86. The first-order valence-corrected chi connectivity index (χ1v) is 8.31. The molecule has 2 aromatic carbocycles. The minimum Gasteiger partial charge on any atom is -0.399 e. The van der Waals surface area contributed by atoms with Crippen LogP contribution in [-0.2, 0) is 17.8 Å². The SMILES string of the molecule is N=C(N)c1ccc2sc(CC(=O)NCc3ccc(N)cc3)cc2c1. The molecule has 0 saturated heterocycles. The molecule has 24 heavy (non-hydrogen) atoms. The molecule has 1 heterocycles. The molecule has 0 radical (unpaired) electrons. The van der Waals surface area contributed by atoms with Gasteiger partial charge in [0.2, 0.25) is 5.91 Å². The molecule has 1 aromatic heterocycles. The van der Waals surface area contributed by atoms with Crippen molar-refractivity contribution in [2.45, 2.75) is 13.0 Å². The van der Waals surface area contributed by atoms with Crippen molar-refractivity contribution in [2.24, 2.45) is 5.73 Å². The third kappa shape index (κ3) is 3.72. The van der Waals surface area contributed by atoms with Gasteiger partial charge in [0.15, 0.2) is 0 Å². The summed E-state index contributed by atoms with van der Waals surface area (Å²) in [6.45, 7) is 0.485. The minimum atomic E-state index is -0.0230. The van der Waals surface area contributed by atoms with E-state index in [0.29, 0.717) is 24.2 Å². The largest absolute Gasteiger partial charge is 0.399 e. The number of fused-ring (bicyclic) bond motifs is 1. The number of amides is 1. The minimum absolute atomic E-state index is 0.0230. The van der Waals surface area contributed by atoms with Gasteiger partial charge >= 0.3 is 0 Å². The van der Waals surface area contributed by atoms with E-state index in [1.807, 2.05) is 48.5 Å². The highest BCUT2D eigenvalue weighted by Crippen LogP contribution is 2.27. The summed E-state index contributed by atoms with van der Waals surface area (Å²) in [6.07, 6.45) is 0.337. The van der Waals surface area contributed by atoms with Crippen LogP contribution in [0.2, 0.25) is 0 Å². The molecule has 6 N–H and O–H groups in total. The summed E-state index contributed by atoms with van der Waals surface area (Å²) in [5.74, 6) is 0.0241. The van der Waals surface area contributed by atoms with E-state index in [-0.39, 0.29) is 11.7 Å². The molecule has 0 unspecified atom stereocenters. The van der Waals surface area contributed by atoms with Gasteiger partial charge in [-0.15, -0.1) is 11.3 Å². The first-order chi connectivity index (χ1) is 11.5. The lowest BCUT2D eigenvalue weighted by atomic mass is 10.1. The Balaban J connectivity index is 1.64. The topological polar surface area (TPSA) is 105 Å². The van der Waals surface area contributed by atoms with Crippen molar-refractivity contribution in [1.82, 2.24) is 5.32 Å². The third-order valence-corrected chi connectivity index (χ3v) is 4.80. The van der Waals surface area contributed by atoms with Gasteiger partial charge in [-0.05, 0) is 47.3 Å². The van der Waals surface area contributed by atoms with E-state index in [1.54, 1.807) is 11.3 Å². The molecule has 0 fully saturated rings. The molecule has 3 rings (SSSR count). The van der Waals surface area contributed by atoms with Crippen LogP contribution in [0.3, 0.4) is 0 Å². The van der Waals surface area contributed by atoms with Crippen molar-refractivity contribution in [3.8, 4) is 0 Å². The van der Waals surface area contributed by atoms with Crippen LogP contribution in [0, 0.1) is 5.41 Å². The second kappa shape index (κ2) is 6.72. The maximum atomic E-state index is 12.1. The highest BCUT2D eigenvalue weighted by Gasteiger charge is 2.08. The van der Waals surface area contributed by atoms with Gasteiger partial charge in [-0.2, -0.15) is 0 Å². The Bertz CT molecular complexity index is 899. The fourth-order valence-electron chi connectivity index (χ4n) is 2.41. The first-order valence-electron chi connectivity index (χ1n) is 7.49. The number of hydrogen-bond donors (Lipinski definition) is 4. The molecule has 5 nitrogen and oxygen atoms in total. The van der Waals surface area contributed by atoms with Crippen molar-refractivity contribution in [3.63, 3.8) is 0 Å². The van der Waals surface area contributed by atoms with Crippen LogP contribution >= 0.6 is 11.3 Å². The summed E-state index contributed by atoms with van der Waals surface area (Å²) in [7, 11) is 0. The van der Waals surface area contributed by atoms with E-state index in [1.165, 1.54) is 0 Å². The Morgan fingerprint density at radius 3 is 2.58 bits per heavy atom. The summed E-state index contributed by atoms with van der Waals surface area (Å²) in [4.78, 5) is 13.1. The van der Waals surface area contributed by atoms with E-state index >= 15 is 0 Å². The van der Waals surface area contributed by atoms with Gasteiger partial charge in [0.25, 0.3) is 0 Å². The quantitative estimate of drug-likeness (QED) is 0.326. The fourth-order valence-corrected chi connectivity index (χ4v) is 3.45. The van der Waals surface area contributed by atoms with E-state index in [0.717, 1.165) is 20.5 Å². The maximum absolute atomic E-state index is 12.1. The monoisotopic (exact) mass is 338 g/mol. The Morgan fingerprint density at radius 2 is 1.88 bits per heavy atom. The van der Waals surface area contributed by atoms with E-state index in [9.17, 15) is 4.79 Å². The van der Waals surface area contributed by atoms with Crippen LogP contribution in [0.15, 0.2) is 48.5 Å². The van der Waals surface area contributed by atoms with E-state index in [4.69, 9.17) is 16.9 Å². The number of nitrogens with one attached hydrogen (secondary N) is 2. The zero-order chi connectivity index (χ0) is 17.1. The average Bonchev–Trinajstić information content (AvgIpc) is 2.95. The molecular formula is C18H18N4OS. The fraction of sp³-hybridized carbons (Fsp3) is 0.111. The maximum Gasteiger partial charge on any atom is 0.225 e. The Morgan fingerprint density at radius 1 is 1.12 bits per heavy atom. The summed E-state index contributed by atoms with van der Waals surface area (Å²) < 4.78 is 1.08. The van der Waals surface area contributed by atoms with E-state index in [2.05, 4.69) is 5.32 Å². The number of carbonyl (C=O) groups is 1. The van der Waals surface area contributed by atoms with Gasteiger partial charge in [-0.25, -0.2) is 0 Å². The number of thiophene rings is 1. The van der Waals surface area contributed by atoms with Crippen LogP contribution < -0.4 is 16.8 Å². The van der Waals surface area contributed by atoms with Crippen molar-refractivity contribution >= 4 is 38.9 Å². The standard InChI is InChI=1S/C18H18N4OS/c19-14-4-1-11(2-5-14)10-22-17(23)9-15-8-13-7-12(18(20)21)3-6-16(13)24-15/h1-8H,9-10,19H2,(H3,20,21)(H,22,23). The zero-order valence-electron chi connectivity index (χ0n) is 13.0. The number of carbonyl (C=O) groups excluding carboxylic acids is 1. The zero-order valence-corrected chi connectivity index (χ0v) is 13.8. The number of amidine groups is 1. The van der Waals surface area contributed by atoms with Crippen LogP contribution in [-0.4, -0.2) is 11.7 Å². The number of hydrogen-bond acceptors (Lipinski definition) is 4. The van der Waals surface area contributed by atoms with Crippen molar-refractivity contribution in [3.05, 3.63) is 64.5 Å². The summed E-state index contributed by atoms with van der Waals surface area (Å²) >= 11 is 1.58. The summed E-state index contributed by atoms with van der Waals surface area (Å²) in [5, 5.41) is 11.4. The van der Waals surface area contributed by atoms with Gasteiger partial charge in [0.05, 0.1) is 6.42 Å². The van der Waals surface area contributed by atoms with Gasteiger partial charge in [-0.1, -0.05) is 12.1 Å². The molecule has 0 aliphatic carbocycles. The molecule has 0 bridgehead atoms. The molecule has 1 amide bonds. The number of rotatable bonds is 5. The molecular weight excluding hydrogens is 320 g/mol. The number of nitrogen functional groups attached to an aromatic ring is 2. The van der Waals surface area contributed by atoms with Gasteiger partial charge in [0, 0.05) is 27.4 Å². The highest BCUT2D eigenvalue weighted by molar-refractivity contribution is 7.19. The lowest BCUT2D eigenvalue weighted by Gasteiger charge is -2.04. The van der Waals surface area contributed by atoms with Gasteiger partial charge in [-0.3, -0.25) is 10.2 Å². The van der Waals surface area contributed by atoms with E-state index < -0.39 is 0 Å². The normalized spacial score (nSPS) is 10.7. The summed E-state index contributed by atoms with van der Waals surface area (Å²) in [6, 6.07) is 15.1. The van der Waals surface area contributed by atoms with Gasteiger partial charge < -0.3 is 16.8 Å². The Labute approximate surface area is 143 Å². The average molecular weight is 338 g/mol. The van der Waals surface area contributed by atoms with Crippen molar-refractivity contribution in [1.29, 1.82) is 5.41 Å². The number of nitrogens with two attached hydrogens (primary N) is 2. The number of anilines is 1. The molecule has 6 heteroatoms. The molecule has 0 saturated carbocycles. The summed E-state index contributed by atoms with van der Waals surface area (Å²) in [5.41, 5.74) is 13.6. The lowest BCUT2D eigenvalue weighted by molar-refractivity contribution is -0.120. The lowest BCUT2D eigenvalue weighted by Crippen LogP contribution is -2.24. The first kappa shape index (κ1) is 16.0.